The van der Waals surface area contributed by atoms with E-state index >= 15 is 0 Å². The second-order valence-electron chi connectivity index (χ2n) is 20.3. The van der Waals surface area contributed by atoms with Crippen LogP contribution in [0, 0.1) is 12.1 Å². The smallest absolute Gasteiger partial charge is 0.351 e. The molecule has 14 aromatic rings. The summed E-state index contributed by atoms with van der Waals surface area (Å²) in [6.45, 7) is 0. The van der Waals surface area contributed by atoms with Gasteiger partial charge in [-0.25, -0.2) is 0 Å². The van der Waals surface area contributed by atoms with Gasteiger partial charge < -0.3 is 19.1 Å². The summed E-state index contributed by atoms with van der Waals surface area (Å²) in [5, 5.41) is 4.71. The fourth-order valence-electron chi connectivity index (χ4n) is 14.1. The van der Waals surface area contributed by atoms with Crippen LogP contribution in [0.5, 0.6) is 0 Å². The molecule has 0 aliphatic heterocycles. The molecule has 0 radical (unpaired) electrons. The summed E-state index contributed by atoms with van der Waals surface area (Å²) in [5.74, 6) is 0. The summed E-state index contributed by atoms with van der Waals surface area (Å²) >= 11 is 0. The molecular weight excluding hydrogens is 1120 g/mol. The fraction of sp³-hybridized carbons (Fsp3) is 0.0286. The van der Waals surface area contributed by atoms with Gasteiger partial charge in [0.15, 0.2) is 0 Å². The Morgan fingerprint density at radius 1 is 0.325 bits per heavy atom. The monoisotopic (exact) mass is 1160 g/mol. The number of pyridine rings is 4. The molecule has 360 valence electrons. The molecule has 0 unspecified atom stereocenters. The molecule has 77 heavy (non-hydrogen) atoms. The van der Waals surface area contributed by atoms with E-state index in [0.717, 1.165) is 55.7 Å². The van der Waals surface area contributed by atoms with Gasteiger partial charge in [-0.1, -0.05) is 157 Å². The number of hydrogen-bond acceptors (Lipinski definition) is 4. The molecule has 0 amide bonds. The minimum absolute atomic E-state index is 0. The standard InChI is InChI=1S/2C35H20N3.Pt/c2*1-4-11-28-23(8-1)24-9-2-5-12-29(24)35(28)30-13-7-18-37-34(30)26-16-15-22(20-31(26)35)38-32-14-6-3-10-25(32)27-21-36-19-17-33(27)38;/h2*1-15,17-21H;/q2*-1;+2. The molecule has 4 aliphatic carbocycles. The Balaban J connectivity index is 0.000000128. The van der Waals surface area contributed by atoms with E-state index < -0.39 is 10.8 Å². The van der Waals surface area contributed by atoms with E-state index in [1.807, 2.05) is 37.2 Å². The molecule has 0 saturated carbocycles. The third-order valence-electron chi connectivity index (χ3n) is 16.9. The molecule has 0 atom stereocenters. The van der Waals surface area contributed by atoms with Crippen LogP contribution in [0.25, 0.3) is 99.8 Å². The molecule has 0 bridgehead atoms. The number of rotatable bonds is 2. The second-order valence-corrected chi connectivity index (χ2v) is 20.3. The third kappa shape index (κ3) is 5.62. The first-order valence-electron chi connectivity index (χ1n) is 25.8. The van der Waals surface area contributed by atoms with Gasteiger partial charge in [-0.3, -0.25) is 9.97 Å². The molecule has 6 nitrogen and oxygen atoms in total. The van der Waals surface area contributed by atoms with Crippen LogP contribution in [0.4, 0.5) is 0 Å². The molecule has 0 fully saturated rings. The molecular formula is C70H40N6Pt. The molecule has 6 heterocycles. The Bertz CT molecular complexity index is 4280. The van der Waals surface area contributed by atoms with Crippen molar-refractivity contribution in [2.24, 2.45) is 0 Å². The SMILES string of the molecule is [Pt+2].[c-]1cc(-n2c3ccccc3c3cnccc32)cc2c1-c1ncccc1C21c2ccccc2-c2ccccc21.[c-]1cc(-n2c3ccccc3c3cnccc32)cc2c1-c1ncccc1C21c2ccccc2-c2ccccc21. The summed E-state index contributed by atoms with van der Waals surface area (Å²) in [6, 6.07) is 81.8. The van der Waals surface area contributed by atoms with E-state index in [1.54, 1.807) is 0 Å². The summed E-state index contributed by atoms with van der Waals surface area (Å²) in [7, 11) is 0. The number of nitrogens with zero attached hydrogens (tertiary/aromatic N) is 6. The van der Waals surface area contributed by atoms with Gasteiger partial charge in [-0.05, 0) is 104 Å². The van der Waals surface area contributed by atoms with Crippen LogP contribution >= 0.6 is 0 Å². The van der Waals surface area contributed by atoms with Gasteiger partial charge >= 0.3 is 21.1 Å². The van der Waals surface area contributed by atoms with Gasteiger partial charge in [0.1, 0.15) is 0 Å². The first kappa shape index (κ1) is 44.0. The summed E-state index contributed by atoms with van der Waals surface area (Å²) < 4.78 is 4.69. The Morgan fingerprint density at radius 2 is 0.675 bits per heavy atom. The van der Waals surface area contributed by atoms with Crippen molar-refractivity contribution in [2.75, 3.05) is 0 Å². The Hall–Kier alpha value is -9.35. The maximum Gasteiger partial charge on any atom is 2.00 e. The van der Waals surface area contributed by atoms with E-state index in [4.69, 9.17) is 9.97 Å². The fourth-order valence-corrected chi connectivity index (χ4v) is 14.1. The van der Waals surface area contributed by atoms with Gasteiger partial charge in [-0.2, -0.15) is 0 Å². The molecule has 0 N–H and O–H groups in total. The average molecular weight is 1160 g/mol. The topological polar surface area (TPSA) is 61.4 Å². The second kappa shape index (κ2) is 16.3. The van der Waals surface area contributed by atoms with Crippen LogP contribution in [0.3, 0.4) is 0 Å². The minimum Gasteiger partial charge on any atom is -0.351 e. The predicted molar refractivity (Wildman–Crippen MR) is 303 cm³/mol. The normalized spacial score (nSPS) is 13.8. The van der Waals surface area contributed by atoms with E-state index in [9.17, 15) is 0 Å². The van der Waals surface area contributed by atoms with Gasteiger partial charge in [0, 0.05) is 91.6 Å². The zero-order chi connectivity index (χ0) is 49.7. The molecule has 18 rings (SSSR count). The van der Waals surface area contributed by atoms with Gasteiger partial charge in [-0.15, -0.1) is 58.7 Å². The average Bonchev–Trinajstić information content (AvgIpc) is 3.93. The van der Waals surface area contributed by atoms with Crippen molar-refractivity contribution in [1.82, 2.24) is 29.1 Å². The first-order chi connectivity index (χ1) is 37.7. The zero-order valence-electron chi connectivity index (χ0n) is 41.1. The van der Waals surface area contributed by atoms with E-state index in [-0.39, 0.29) is 21.1 Å². The maximum absolute atomic E-state index is 4.91. The van der Waals surface area contributed by atoms with Crippen LogP contribution in [0.1, 0.15) is 44.5 Å². The third-order valence-corrected chi connectivity index (χ3v) is 16.9. The molecule has 7 heteroatoms. The van der Waals surface area contributed by atoms with Crippen LogP contribution in [-0.2, 0) is 31.9 Å². The van der Waals surface area contributed by atoms with E-state index in [1.165, 1.54) is 88.6 Å². The van der Waals surface area contributed by atoms with Crippen molar-refractivity contribution in [3.8, 4) is 56.1 Å². The van der Waals surface area contributed by atoms with Crippen molar-refractivity contribution in [2.45, 2.75) is 10.8 Å². The summed E-state index contributed by atoms with van der Waals surface area (Å²) in [5.41, 5.74) is 25.5. The summed E-state index contributed by atoms with van der Waals surface area (Å²) in [4.78, 5) is 18.7. The van der Waals surface area contributed by atoms with Crippen molar-refractivity contribution in [3.05, 3.63) is 300 Å². The van der Waals surface area contributed by atoms with Crippen LogP contribution in [-0.4, -0.2) is 29.1 Å². The van der Waals surface area contributed by atoms with Crippen molar-refractivity contribution in [1.29, 1.82) is 0 Å². The Morgan fingerprint density at radius 3 is 1.09 bits per heavy atom. The quantitative estimate of drug-likeness (QED) is 0.162. The Kier molecular flexibility index (Phi) is 9.33. The molecule has 0 saturated heterocycles. The molecule has 2 spiro atoms. The van der Waals surface area contributed by atoms with E-state index in [2.05, 4.69) is 237 Å². The van der Waals surface area contributed by atoms with E-state index in [0.29, 0.717) is 0 Å². The van der Waals surface area contributed by atoms with Gasteiger partial charge in [0.2, 0.25) is 0 Å². The van der Waals surface area contributed by atoms with Crippen molar-refractivity contribution in [3.63, 3.8) is 0 Å². The first-order valence-corrected chi connectivity index (χ1v) is 25.8. The Labute approximate surface area is 457 Å². The van der Waals surface area contributed by atoms with Crippen molar-refractivity contribution < 1.29 is 21.1 Å². The number of fused-ring (bicyclic) bond motifs is 26. The predicted octanol–water partition coefficient (Wildman–Crippen LogP) is 15.4. The molecule has 4 aliphatic rings. The number of benzene rings is 8. The largest absolute Gasteiger partial charge is 2.00 e. The molecule has 6 aromatic heterocycles. The minimum atomic E-state index is -0.432. The number of para-hydroxylation sites is 2. The van der Waals surface area contributed by atoms with Crippen LogP contribution in [0.15, 0.2) is 243 Å². The van der Waals surface area contributed by atoms with Crippen LogP contribution in [0.2, 0.25) is 0 Å². The molecule has 8 aromatic carbocycles. The number of aromatic nitrogens is 6. The van der Waals surface area contributed by atoms with Gasteiger partial charge in [0.25, 0.3) is 0 Å². The van der Waals surface area contributed by atoms with Gasteiger partial charge in [0.05, 0.1) is 0 Å². The van der Waals surface area contributed by atoms with Crippen molar-refractivity contribution >= 4 is 43.6 Å². The zero-order valence-corrected chi connectivity index (χ0v) is 43.4. The number of hydrogen-bond donors (Lipinski definition) is 0. The maximum atomic E-state index is 4.91. The summed E-state index contributed by atoms with van der Waals surface area (Å²) in [6.07, 6.45) is 11.5. The van der Waals surface area contributed by atoms with Crippen LogP contribution < -0.4 is 0 Å².